The Kier molecular flexibility index (Phi) is 5.38. The van der Waals surface area contributed by atoms with E-state index in [0.29, 0.717) is 24.1 Å². The molecule has 0 bridgehead atoms. The molecule has 1 unspecified atom stereocenters. The van der Waals surface area contributed by atoms with Crippen molar-refractivity contribution in [2.75, 3.05) is 20.2 Å². The third-order valence-corrected chi connectivity index (χ3v) is 4.22. The molecule has 6 nitrogen and oxygen atoms in total. The molecule has 2 aromatic rings. The predicted molar refractivity (Wildman–Crippen MR) is 94.9 cm³/mol. The summed E-state index contributed by atoms with van der Waals surface area (Å²) in [7, 11) is 1.61. The number of nitrogens with zero attached hydrogens (tertiary/aromatic N) is 2. The van der Waals surface area contributed by atoms with Crippen LogP contribution in [0.3, 0.4) is 0 Å². The van der Waals surface area contributed by atoms with E-state index in [9.17, 15) is 4.79 Å². The minimum absolute atomic E-state index is 0.0129. The molecule has 132 valence electrons. The molecule has 2 heterocycles. The van der Waals surface area contributed by atoms with Crippen molar-refractivity contribution in [1.29, 1.82) is 0 Å². The average Bonchev–Trinajstić information content (AvgIpc) is 3.07. The fraction of sp³-hybridized carbons (Fsp3) is 0.368. The molecule has 1 aliphatic rings. The summed E-state index contributed by atoms with van der Waals surface area (Å²) in [6, 6.07) is 11.0. The molecule has 6 heteroatoms. The summed E-state index contributed by atoms with van der Waals surface area (Å²) in [6.45, 7) is 4.28. The summed E-state index contributed by atoms with van der Waals surface area (Å²) in [4.78, 5) is 18.2. The molecule has 2 amide bonds. The number of urea groups is 1. The lowest BCUT2D eigenvalue weighted by Crippen LogP contribution is -2.37. The van der Waals surface area contributed by atoms with E-state index in [1.54, 1.807) is 25.4 Å². The standard InChI is InChI=1S/C19H23N3O3/c1-14-8-9-22(13-14)19(23)21-12-15-6-7-18(20-11-15)25-17-5-3-4-16(10-17)24-2/h3-7,10-11,14H,8-9,12-13H2,1-2H3,(H,21,23). The highest BCUT2D eigenvalue weighted by molar-refractivity contribution is 5.74. The third kappa shape index (κ3) is 4.62. The molecule has 1 aliphatic heterocycles. The molecule has 1 saturated heterocycles. The van der Waals surface area contributed by atoms with Crippen LogP contribution in [0.4, 0.5) is 4.79 Å². The lowest BCUT2D eigenvalue weighted by molar-refractivity contribution is 0.207. The van der Waals surface area contributed by atoms with Crippen molar-refractivity contribution in [1.82, 2.24) is 15.2 Å². The molecule has 1 fully saturated rings. The van der Waals surface area contributed by atoms with Crippen LogP contribution in [0.2, 0.25) is 0 Å². The van der Waals surface area contributed by atoms with Crippen LogP contribution in [0.1, 0.15) is 18.9 Å². The Hall–Kier alpha value is -2.76. The molecular weight excluding hydrogens is 318 g/mol. The Morgan fingerprint density at radius 2 is 2.16 bits per heavy atom. The predicted octanol–water partition coefficient (Wildman–Crippen LogP) is 3.43. The second-order valence-corrected chi connectivity index (χ2v) is 6.28. The normalized spacial score (nSPS) is 16.6. The SMILES string of the molecule is COc1cccc(Oc2ccc(CNC(=O)N3CCC(C)C3)cn2)c1. The highest BCUT2D eigenvalue weighted by Crippen LogP contribution is 2.23. The smallest absolute Gasteiger partial charge is 0.317 e. The first-order chi connectivity index (χ1) is 12.1. The van der Waals surface area contributed by atoms with E-state index in [1.807, 2.05) is 29.2 Å². The number of pyridine rings is 1. The Morgan fingerprint density at radius 3 is 2.84 bits per heavy atom. The van der Waals surface area contributed by atoms with Gasteiger partial charge in [0.1, 0.15) is 11.5 Å². The number of nitrogens with one attached hydrogen (secondary N) is 1. The number of likely N-dealkylation sites (tertiary alicyclic amines) is 1. The van der Waals surface area contributed by atoms with Gasteiger partial charge in [-0.05, 0) is 30.0 Å². The van der Waals surface area contributed by atoms with Gasteiger partial charge in [0.05, 0.1) is 7.11 Å². The molecular formula is C19H23N3O3. The molecule has 3 rings (SSSR count). The molecule has 0 spiro atoms. The number of rotatable bonds is 5. The first-order valence-electron chi connectivity index (χ1n) is 8.43. The summed E-state index contributed by atoms with van der Waals surface area (Å²) < 4.78 is 10.9. The van der Waals surface area contributed by atoms with Gasteiger partial charge in [-0.2, -0.15) is 0 Å². The zero-order valence-corrected chi connectivity index (χ0v) is 14.6. The first-order valence-corrected chi connectivity index (χ1v) is 8.43. The summed E-state index contributed by atoms with van der Waals surface area (Å²) in [6.07, 6.45) is 2.79. The van der Waals surface area contributed by atoms with E-state index in [0.717, 1.165) is 30.8 Å². The molecule has 0 radical (unpaired) electrons. The summed E-state index contributed by atoms with van der Waals surface area (Å²) in [5, 5.41) is 2.94. The molecule has 1 atom stereocenters. The van der Waals surface area contributed by atoms with Crippen LogP contribution < -0.4 is 14.8 Å². The van der Waals surface area contributed by atoms with E-state index in [1.165, 1.54) is 0 Å². The number of aromatic nitrogens is 1. The van der Waals surface area contributed by atoms with Crippen molar-refractivity contribution in [3.63, 3.8) is 0 Å². The van der Waals surface area contributed by atoms with E-state index < -0.39 is 0 Å². The van der Waals surface area contributed by atoms with E-state index in [-0.39, 0.29) is 6.03 Å². The van der Waals surface area contributed by atoms with Gasteiger partial charge in [0.15, 0.2) is 0 Å². The molecule has 1 N–H and O–H groups in total. The van der Waals surface area contributed by atoms with Crippen LogP contribution in [0.25, 0.3) is 0 Å². The van der Waals surface area contributed by atoms with Gasteiger partial charge in [-0.25, -0.2) is 9.78 Å². The zero-order chi connectivity index (χ0) is 17.6. The Morgan fingerprint density at radius 1 is 1.32 bits per heavy atom. The molecule has 0 saturated carbocycles. The Labute approximate surface area is 147 Å². The molecule has 25 heavy (non-hydrogen) atoms. The molecule has 1 aromatic carbocycles. The first kappa shape index (κ1) is 17.1. The van der Waals surface area contributed by atoms with Gasteiger partial charge in [0, 0.05) is 38.0 Å². The van der Waals surface area contributed by atoms with Crippen LogP contribution >= 0.6 is 0 Å². The number of hydrogen-bond donors (Lipinski definition) is 1. The molecule has 1 aromatic heterocycles. The van der Waals surface area contributed by atoms with Gasteiger partial charge in [-0.1, -0.05) is 19.1 Å². The van der Waals surface area contributed by atoms with Gasteiger partial charge in [0.25, 0.3) is 0 Å². The van der Waals surface area contributed by atoms with Gasteiger partial charge in [-0.3, -0.25) is 0 Å². The molecule has 0 aliphatic carbocycles. The van der Waals surface area contributed by atoms with Gasteiger partial charge >= 0.3 is 6.03 Å². The van der Waals surface area contributed by atoms with Crippen molar-refractivity contribution < 1.29 is 14.3 Å². The summed E-state index contributed by atoms with van der Waals surface area (Å²) >= 11 is 0. The second-order valence-electron chi connectivity index (χ2n) is 6.28. The van der Waals surface area contributed by atoms with Crippen molar-refractivity contribution in [2.45, 2.75) is 19.9 Å². The maximum atomic E-state index is 12.1. The number of methoxy groups -OCH3 is 1. The maximum Gasteiger partial charge on any atom is 0.317 e. The van der Waals surface area contributed by atoms with Crippen molar-refractivity contribution in [3.8, 4) is 17.4 Å². The van der Waals surface area contributed by atoms with E-state index in [2.05, 4.69) is 17.2 Å². The van der Waals surface area contributed by atoms with Crippen LogP contribution in [-0.2, 0) is 6.54 Å². The largest absolute Gasteiger partial charge is 0.497 e. The highest BCUT2D eigenvalue weighted by Gasteiger charge is 2.22. The van der Waals surface area contributed by atoms with Gasteiger partial charge < -0.3 is 19.7 Å². The summed E-state index contributed by atoms with van der Waals surface area (Å²) in [5.41, 5.74) is 0.929. The zero-order valence-electron chi connectivity index (χ0n) is 14.6. The topological polar surface area (TPSA) is 63.7 Å². The number of carbonyl (C=O) groups excluding carboxylic acids is 1. The van der Waals surface area contributed by atoms with Crippen LogP contribution in [0.15, 0.2) is 42.6 Å². The van der Waals surface area contributed by atoms with Gasteiger partial charge in [0.2, 0.25) is 5.88 Å². The average molecular weight is 341 g/mol. The number of ether oxygens (including phenoxy) is 2. The van der Waals surface area contributed by atoms with E-state index in [4.69, 9.17) is 9.47 Å². The van der Waals surface area contributed by atoms with Gasteiger partial charge in [-0.15, -0.1) is 0 Å². The quantitative estimate of drug-likeness (QED) is 0.905. The van der Waals surface area contributed by atoms with Crippen molar-refractivity contribution in [3.05, 3.63) is 48.2 Å². The highest BCUT2D eigenvalue weighted by atomic mass is 16.5. The maximum absolute atomic E-state index is 12.1. The number of hydrogen-bond acceptors (Lipinski definition) is 4. The Balaban J connectivity index is 1.52. The monoisotopic (exact) mass is 341 g/mol. The Bertz CT molecular complexity index is 718. The number of benzene rings is 1. The van der Waals surface area contributed by atoms with E-state index >= 15 is 0 Å². The van der Waals surface area contributed by atoms with Crippen molar-refractivity contribution in [2.24, 2.45) is 5.92 Å². The fourth-order valence-electron chi connectivity index (χ4n) is 2.77. The lowest BCUT2D eigenvalue weighted by Gasteiger charge is -2.16. The van der Waals surface area contributed by atoms with Crippen LogP contribution in [0.5, 0.6) is 17.4 Å². The minimum Gasteiger partial charge on any atom is -0.497 e. The van der Waals surface area contributed by atoms with Crippen LogP contribution in [-0.4, -0.2) is 36.1 Å². The fourth-order valence-corrected chi connectivity index (χ4v) is 2.77. The second kappa shape index (κ2) is 7.88. The number of amides is 2. The van der Waals surface area contributed by atoms with Crippen molar-refractivity contribution >= 4 is 6.03 Å². The minimum atomic E-state index is -0.0129. The summed E-state index contributed by atoms with van der Waals surface area (Å²) in [5.74, 6) is 2.47. The third-order valence-electron chi connectivity index (χ3n) is 4.22. The number of carbonyl (C=O) groups is 1. The van der Waals surface area contributed by atoms with Crippen LogP contribution in [0, 0.1) is 5.92 Å². The lowest BCUT2D eigenvalue weighted by atomic mass is 10.2.